The third-order valence-corrected chi connectivity index (χ3v) is 3.83. The molecule has 4 heteroatoms. The molecule has 0 radical (unpaired) electrons. The van der Waals surface area contributed by atoms with Crippen molar-refractivity contribution in [1.29, 1.82) is 0 Å². The van der Waals surface area contributed by atoms with Crippen LogP contribution in [0.3, 0.4) is 0 Å². The topological polar surface area (TPSA) is 24.5 Å². The SMILES string of the molecule is CC(C)CNCc1cccc(F)c1N1CC(C)OCC1C. The van der Waals surface area contributed by atoms with Crippen molar-refractivity contribution in [2.45, 2.75) is 46.4 Å². The first-order chi connectivity index (χ1) is 9.99. The Morgan fingerprint density at radius 2 is 2.14 bits per heavy atom. The number of nitrogens with zero attached hydrogens (tertiary/aromatic N) is 1. The van der Waals surface area contributed by atoms with Crippen molar-refractivity contribution in [2.24, 2.45) is 5.92 Å². The number of morpholine rings is 1. The Kier molecular flexibility index (Phi) is 5.59. The van der Waals surface area contributed by atoms with E-state index in [2.05, 4.69) is 31.0 Å². The molecule has 2 unspecified atom stereocenters. The molecule has 21 heavy (non-hydrogen) atoms. The summed E-state index contributed by atoms with van der Waals surface area (Å²) in [6, 6.07) is 5.55. The minimum atomic E-state index is -0.139. The Bertz CT molecular complexity index is 464. The summed E-state index contributed by atoms with van der Waals surface area (Å²) >= 11 is 0. The van der Waals surface area contributed by atoms with E-state index in [-0.39, 0.29) is 18.0 Å². The van der Waals surface area contributed by atoms with Gasteiger partial charge >= 0.3 is 0 Å². The van der Waals surface area contributed by atoms with Crippen molar-refractivity contribution in [3.05, 3.63) is 29.6 Å². The second-order valence-corrected chi connectivity index (χ2v) is 6.42. The highest BCUT2D eigenvalue weighted by molar-refractivity contribution is 5.56. The number of hydrogen-bond donors (Lipinski definition) is 1. The lowest BCUT2D eigenvalue weighted by Gasteiger charge is -2.39. The van der Waals surface area contributed by atoms with Gasteiger partial charge in [-0.25, -0.2) is 4.39 Å². The van der Waals surface area contributed by atoms with E-state index in [1.165, 1.54) is 0 Å². The molecule has 1 aliphatic rings. The van der Waals surface area contributed by atoms with Crippen LogP contribution in [0.15, 0.2) is 18.2 Å². The first-order valence-corrected chi connectivity index (χ1v) is 7.85. The van der Waals surface area contributed by atoms with Crippen LogP contribution in [-0.4, -0.2) is 31.8 Å². The Balaban J connectivity index is 2.20. The molecule has 2 atom stereocenters. The molecule has 2 rings (SSSR count). The fourth-order valence-electron chi connectivity index (χ4n) is 2.73. The molecule has 0 aromatic heterocycles. The lowest BCUT2D eigenvalue weighted by Crippen LogP contribution is -2.48. The first-order valence-electron chi connectivity index (χ1n) is 7.85. The fraction of sp³-hybridized carbons (Fsp3) is 0.647. The van der Waals surface area contributed by atoms with Gasteiger partial charge in [0.15, 0.2) is 0 Å². The molecule has 1 N–H and O–H groups in total. The minimum Gasteiger partial charge on any atom is -0.375 e. The first kappa shape index (κ1) is 16.2. The molecule has 3 nitrogen and oxygen atoms in total. The predicted octanol–water partition coefficient (Wildman–Crippen LogP) is 3.18. The lowest BCUT2D eigenvalue weighted by molar-refractivity contribution is 0.0340. The normalized spacial score (nSPS) is 22.9. The van der Waals surface area contributed by atoms with Crippen LogP contribution in [0.25, 0.3) is 0 Å². The summed E-state index contributed by atoms with van der Waals surface area (Å²) < 4.78 is 20.1. The summed E-state index contributed by atoms with van der Waals surface area (Å²) in [7, 11) is 0. The third-order valence-electron chi connectivity index (χ3n) is 3.83. The Morgan fingerprint density at radius 3 is 2.86 bits per heavy atom. The van der Waals surface area contributed by atoms with Crippen molar-refractivity contribution >= 4 is 5.69 Å². The molecule has 1 aromatic carbocycles. The maximum Gasteiger partial charge on any atom is 0.146 e. The van der Waals surface area contributed by atoms with Gasteiger partial charge in [-0.15, -0.1) is 0 Å². The summed E-state index contributed by atoms with van der Waals surface area (Å²) in [4.78, 5) is 2.15. The number of benzene rings is 1. The molecule has 0 amide bonds. The molecule has 1 heterocycles. The summed E-state index contributed by atoms with van der Waals surface area (Å²) in [6.45, 7) is 11.5. The summed E-state index contributed by atoms with van der Waals surface area (Å²) in [5.41, 5.74) is 1.76. The number of rotatable bonds is 5. The molecule has 0 aliphatic carbocycles. The standard InChI is InChI=1S/C17H27FN2O/c1-12(2)8-19-9-15-6-5-7-16(18)17(15)20-10-14(4)21-11-13(20)3/h5-7,12-14,19H,8-11H2,1-4H3. The van der Waals surface area contributed by atoms with Gasteiger partial charge in [0.05, 0.1) is 18.4 Å². The van der Waals surface area contributed by atoms with Gasteiger partial charge in [-0.2, -0.15) is 0 Å². The zero-order valence-electron chi connectivity index (χ0n) is 13.5. The smallest absolute Gasteiger partial charge is 0.146 e. The van der Waals surface area contributed by atoms with Gasteiger partial charge in [-0.3, -0.25) is 0 Å². The van der Waals surface area contributed by atoms with Gasteiger partial charge in [-0.1, -0.05) is 26.0 Å². The van der Waals surface area contributed by atoms with E-state index in [0.29, 0.717) is 19.1 Å². The Labute approximate surface area is 127 Å². The van der Waals surface area contributed by atoms with Gasteiger partial charge in [0, 0.05) is 19.1 Å². The van der Waals surface area contributed by atoms with Crippen molar-refractivity contribution < 1.29 is 9.13 Å². The number of halogens is 1. The number of ether oxygens (including phenoxy) is 1. The Hall–Kier alpha value is -1.13. The van der Waals surface area contributed by atoms with Crippen LogP contribution in [0.4, 0.5) is 10.1 Å². The number of anilines is 1. The summed E-state index contributed by atoms with van der Waals surface area (Å²) in [6.07, 6.45) is 0.136. The number of nitrogens with one attached hydrogen (secondary N) is 1. The molecular formula is C17H27FN2O. The monoisotopic (exact) mass is 294 g/mol. The average molecular weight is 294 g/mol. The fourth-order valence-corrected chi connectivity index (χ4v) is 2.73. The minimum absolute atomic E-state index is 0.136. The summed E-state index contributed by atoms with van der Waals surface area (Å²) in [5, 5.41) is 3.41. The highest BCUT2D eigenvalue weighted by Crippen LogP contribution is 2.29. The molecule has 0 bridgehead atoms. The van der Waals surface area contributed by atoms with Crippen LogP contribution in [0.2, 0.25) is 0 Å². The Morgan fingerprint density at radius 1 is 1.38 bits per heavy atom. The third kappa shape index (κ3) is 4.17. The molecule has 1 aliphatic heterocycles. The zero-order valence-corrected chi connectivity index (χ0v) is 13.5. The largest absolute Gasteiger partial charge is 0.375 e. The van der Waals surface area contributed by atoms with Crippen LogP contribution in [0.1, 0.15) is 33.3 Å². The molecule has 118 valence electrons. The van der Waals surface area contributed by atoms with E-state index in [0.717, 1.165) is 24.3 Å². The van der Waals surface area contributed by atoms with E-state index in [1.54, 1.807) is 12.1 Å². The van der Waals surface area contributed by atoms with Gasteiger partial charge in [-0.05, 0) is 37.9 Å². The second kappa shape index (κ2) is 7.23. The van der Waals surface area contributed by atoms with Crippen LogP contribution < -0.4 is 10.2 Å². The number of hydrogen-bond acceptors (Lipinski definition) is 3. The molecule has 1 aromatic rings. The maximum absolute atomic E-state index is 14.4. The van der Waals surface area contributed by atoms with Crippen LogP contribution >= 0.6 is 0 Å². The van der Waals surface area contributed by atoms with E-state index in [1.807, 2.05) is 13.0 Å². The van der Waals surface area contributed by atoms with E-state index >= 15 is 0 Å². The second-order valence-electron chi connectivity index (χ2n) is 6.42. The number of para-hydroxylation sites is 1. The molecule has 0 spiro atoms. The lowest BCUT2D eigenvalue weighted by atomic mass is 10.1. The molecule has 0 saturated carbocycles. The highest BCUT2D eigenvalue weighted by atomic mass is 19.1. The van der Waals surface area contributed by atoms with Crippen LogP contribution in [0.5, 0.6) is 0 Å². The van der Waals surface area contributed by atoms with Gasteiger partial charge in [0.1, 0.15) is 5.82 Å². The highest BCUT2D eigenvalue weighted by Gasteiger charge is 2.27. The quantitative estimate of drug-likeness (QED) is 0.902. The van der Waals surface area contributed by atoms with Gasteiger partial charge in [0.25, 0.3) is 0 Å². The van der Waals surface area contributed by atoms with Crippen LogP contribution in [0, 0.1) is 11.7 Å². The maximum atomic E-state index is 14.4. The van der Waals surface area contributed by atoms with Gasteiger partial charge < -0.3 is 15.0 Å². The van der Waals surface area contributed by atoms with Crippen molar-refractivity contribution in [3.8, 4) is 0 Å². The van der Waals surface area contributed by atoms with E-state index in [9.17, 15) is 4.39 Å². The molecule has 1 fully saturated rings. The average Bonchev–Trinajstić information content (AvgIpc) is 2.42. The summed E-state index contributed by atoms with van der Waals surface area (Å²) in [5.74, 6) is 0.448. The van der Waals surface area contributed by atoms with Gasteiger partial charge in [0.2, 0.25) is 0 Å². The van der Waals surface area contributed by atoms with E-state index in [4.69, 9.17) is 4.74 Å². The van der Waals surface area contributed by atoms with Crippen molar-refractivity contribution in [3.63, 3.8) is 0 Å². The van der Waals surface area contributed by atoms with Crippen molar-refractivity contribution in [2.75, 3.05) is 24.6 Å². The predicted molar refractivity (Wildman–Crippen MR) is 85.2 cm³/mol. The van der Waals surface area contributed by atoms with Crippen LogP contribution in [-0.2, 0) is 11.3 Å². The van der Waals surface area contributed by atoms with Crippen molar-refractivity contribution in [1.82, 2.24) is 5.32 Å². The van der Waals surface area contributed by atoms with E-state index < -0.39 is 0 Å². The molecular weight excluding hydrogens is 267 g/mol. The zero-order chi connectivity index (χ0) is 15.4. The molecule has 1 saturated heterocycles.